The van der Waals surface area contributed by atoms with Gasteiger partial charge in [-0.15, -0.1) is 0 Å². The van der Waals surface area contributed by atoms with E-state index < -0.39 is 25.0 Å². The Morgan fingerprint density at radius 1 is 1.41 bits per heavy atom. The molecule has 6 heteroatoms. The molecule has 0 aliphatic carbocycles. The van der Waals surface area contributed by atoms with E-state index in [0.29, 0.717) is 12.8 Å². The zero-order valence-corrected chi connectivity index (χ0v) is 10.4. The molecule has 0 radical (unpaired) electrons. The summed E-state index contributed by atoms with van der Waals surface area (Å²) in [4.78, 5) is 12.9. The molecular weight excluding hydrogens is 232 g/mol. The van der Waals surface area contributed by atoms with E-state index in [0.717, 1.165) is 0 Å². The first-order chi connectivity index (χ1) is 8.06. The Kier molecular flexibility index (Phi) is 8.89. The summed E-state index contributed by atoms with van der Waals surface area (Å²) < 4.78 is 29.6. The van der Waals surface area contributed by atoms with E-state index in [2.05, 4.69) is 0 Å². The van der Waals surface area contributed by atoms with Crippen LogP contribution in [0.2, 0.25) is 0 Å². The third-order valence-electron chi connectivity index (χ3n) is 2.32. The van der Waals surface area contributed by atoms with E-state index in [-0.39, 0.29) is 19.8 Å². The number of aliphatic hydroxyl groups is 1. The van der Waals surface area contributed by atoms with Crippen LogP contribution in [0.25, 0.3) is 0 Å². The van der Waals surface area contributed by atoms with Gasteiger partial charge in [0.25, 0.3) is 6.43 Å². The van der Waals surface area contributed by atoms with Gasteiger partial charge in [-0.25, -0.2) is 8.78 Å². The summed E-state index contributed by atoms with van der Waals surface area (Å²) in [6.07, 6.45) is -1.39. The van der Waals surface area contributed by atoms with Crippen LogP contribution in [-0.4, -0.2) is 54.7 Å². The molecule has 0 aliphatic rings. The molecule has 0 amide bonds. The molecule has 0 aliphatic heterocycles. The number of carbonyl (C=O) groups is 1. The first-order valence-electron chi connectivity index (χ1n) is 5.86. The lowest BCUT2D eigenvalue weighted by molar-refractivity contribution is -0.150. The summed E-state index contributed by atoms with van der Waals surface area (Å²) in [5, 5.41) is 8.84. The molecule has 0 saturated carbocycles. The van der Waals surface area contributed by atoms with Crippen LogP contribution in [0, 0.1) is 0 Å². The molecule has 4 nitrogen and oxygen atoms in total. The van der Waals surface area contributed by atoms with Crippen LogP contribution in [0.15, 0.2) is 0 Å². The average Bonchev–Trinajstić information content (AvgIpc) is 2.25. The lowest BCUT2D eigenvalue weighted by Crippen LogP contribution is -2.45. The van der Waals surface area contributed by atoms with E-state index in [9.17, 15) is 13.6 Å². The fraction of sp³-hybridized carbons (Fsp3) is 0.909. The van der Waals surface area contributed by atoms with Crippen molar-refractivity contribution in [3.63, 3.8) is 0 Å². The van der Waals surface area contributed by atoms with Crippen LogP contribution in [0.5, 0.6) is 0 Å². The fourth-order valence-corrected chi connectivity index (χ4v) is 1.64. The topological polar surface area (TPSA) is 49.8 Å². The Balaban J connectivity index is 4.61. The predicted octanol–water partition coefficient (Wildman–Crippen LogP) is 1.28. The molecule has 1 N–H and O–H groups in total. The van der Waals surface area contributed by atoms with Crippen LogP contribution in [0.4, 0.5) is 8.78 Å². The molecule has 1 unspecified atom stereocenters. The second-order valence-electron chi connectivity index (χ2n) is 3.67. The number of halogens is 2. The Bertz CT molecular complexity index is 215. The van der Waals surface area contributed by atoms with Crippen molar-refractivity contribution in [3.05, 3.63) is 0 Å². The molecular formula is C11H21F2NO3. The van der Waals surface area contributed by atoms with Crippen molar-refractivity contribution in [1.82, 2.24) is 4.90 Å². The zero-order valence-electron chi connectivity index (χ0n) is 10.4. The molecule has 0 saturated heterocycles. The lowest BCUT2D eigenvalue weighted by atomic mass is 10.1. The highest BCUT2D eigenvalue weighted by atomic mass is 19.3. The van der Waals surface area contributed by atoms with Gasteiger partial charge >= 0.3 is 5.97 Å². The SMILES string of the molecule is CCCC(C(=O)OCC)N(CCO)CC(F)F. The van der Waals surface area contributed by atoms with E-state index in [4.69, 9.17) is 9.84 Å². The number of nitrogens with zero attached hydrogens (tertiary/aromatic N) is 1. The molecule has 0 aromatic heterocycles. The van der Waals surface area contributed by atoms with Crippen molar-refractivity contribution in [2.24, 2.45) is 0 Å². The maximum atomic E-state index is 12.4. The Morgan fingerprint density at radius 3 is 2.47 bits per heavy atom. The van der Waals surface area contributed by atoms with Gasteiger partial charge in [0.1, 0.15) is 6.04 Å². The molecule has 0 fully saturated rings. The molecule has 1 atom stereocenters. The van der Waals surface area contributed by atoms with Gasteiger partial charge in [-0.05, 0) is 13.3 Å². The molecule has 0 spiro atoms. The van der Waals surface area contributed by atoms with Gasteiger partial charge in [0.05, 0.1) is 19.8 Å². The number of aliphatic hydroxyl groups excluding tert-OH is 1. The van der Waals surface area contributed by atoms with Gasteiger partial charge in [0.2, 0.25) is 0 Å². The van der Waals surface area contributed by atoms with Gasteiger partial charge in [-0.3, -0.25) is 9.69 Å². The number of carbonyl (C=O) groups excluding carboxylic acids is 1. The normalized spacial score (nSPS) is 13.1. The number of rotatable bonds is 9. The van der Waals surface area contributed by atoms with Crippen molar-refractivity contribution < 1.29 is 23.4 Å². The van der Waals surface area contributed by atoms with E-state index in [1.54, 1.807) is 6.92 Å². The molecule has 17 heavy (non-hydrogen) atoms. The van der Waals surface area contributed by atoms with Crippen molar-refractivity contribution in [2.45, 2.75) is 39.2 Å². The van der Waals surface area contributed by atoms with Crippen LogP contribution < -0.4 is 0 Å². The number of esters is 1. The third kappa shape index (κ3) is 6.53. The van der Waals surface area contributed by atoms with Crippen LogP contribution in [0.3, 0.4) is 0 Å². The largest absolute Gasteiger partial charge is 0.465 e. The third-order valence-corrected chi connectivity index (χ3v) is 2.32. The fourth-order valence-electron chi connectivity index (χ4n) is 1.64. The number of ether oxygens (including phenoxy) is 1. The molecule has 102 valence electrons. The first kappa shape index (κ1) is 16.2. The summed E-state index contributed by atoms with van der Waals surface area (Å²) in [6, 6.07) is -0.693. The van der Waals surface area contributed by atoms with Crippen LogP contribution >= 0.6 is 0 Å². The highest BCUT2D eigenvalue weighted by molar-refractivity contribution is 5.75. The van der Waals surface area contributed by atoms with Gasteiger partial charge in [-0.2, -0.15) is 0 Å². The minimum absolute atomic E-state index is 0.0494. The van der Waals surface area contributed by atoms with Gasteiger partial charge in [-0.1, -0.05) is 13.3 Å². The Morgan fingerprint density at radius 2 is 2.06 bits per heavy atom. The van der Waals surface area contributed by atoms with Crippen molar-refractivity contribution >= 4 is 5.97 Å². The molecule has 0 rings (SSSR count). The summed E-state index contributed by atoms with van der Waals surface area (Å²) in [7, 11) is 0. The monoisotopic (exact) mass is 253 g/mol. The zero-order chi connectivity index (χ0) is 13.3. The Labute approximate surface area is 101 Å². The van der Waals surface area contributed by atoms with Crippen molar-refractivity contribution in [2.75, 3.05) is 26.3 Å². The molecule has 0 aromatic rings. The van der Waals surface area contributed by atoms with Crippen molar-refractivity contribution in [1.29, 1.82) is 0 Å². The second kappa shape index (κ2) is 9.30. The standard InChI is InChI=1S/C11H21F2NO3/c1-3-5-9(11(16)17-4-2)14(6-7-15)8-10(12)13/h9-10,15H,3-8H2,1-2H3. The smallest absolute Gasteiger partial charge is 0.323 e. The number of alkyl halides is 2. The summed E-state index contributed by atoms with van der Waals surface area (Å²) >= 11 is 0. The molecule has 0 heterocycles. The summed E-state index contributed by atoms with van der Waals surface area (Å²) in [5.41, 5.74) is 0. The predicted molar refractivity (Wildman–Crippen MR) is 60.0 cm³/mol. The highest BCUT2D eigenvalue weighted by Gasteiger charge is 2.27. The maximum Gasteiger partial charge on any atom is 0.323 e. The summed E-state index contributed by atoms with van der Waals surface area (Å²) in [5.74, 6) is -0.497. The van der Waals surface area contributed by atoms with E-state index in [1.807, 2.05) is 6.92 Å². The Hall–Kier alpha value is -0.750. The number of hydrogen-bond acceptors (Lipinski definition) is 4. The highest BCUT2D eigenvalue weighted by Crippen LogP contribution is 2.11. The van der Waals surface area contributed by atoms with Gasteiger partial charge < -0.3 is 9.84 Å². The lowest BCUT2D eigenvalue weighted by Gasteiger charge is -2.28. The van der Waals surface area contributed by atoms with E-state index >= 15 is 0 Å². The molecule has 0 bridgehead atoms. The maximum absolute atomic E-state index is 12.4. The number of hydrogen-bond donors (Lipinski definition) is 1. The minimum atomic E-state index is -2.53. The minimum Gasteiger partial charge on any atom is -0.465 e. The first-order valence-corrected chi connectivity index (χ1v) is 5.86. The van der Waals surface area contributed by atoms with Crippen molar-refractivity contribution in [3.8, 4) is 0 Å². The van der Waals surface area contributed by atoms with Crippen LogP contribution in [-0.2, 0) is 9.53 Å². The average molecular weight is 253 g/mol. The van der Waals surface area contributed by atoms with E-state index in [1.165, 1.54) is 4.90 Å². The summed E-state index contributed by atoms with van der Waals surface area (Å²) in [6.45, 7) is 3.03. The van der Waals surface area contributed by atoms with Gasteiger partial charge in [0, 0.05) is 6.54 Å². The molecule has 0 aromatic carbocycles. The second-order valence-corrected chi connectivity index (χ2v) is 3.67. The van der Waals surface area contributed by atoms with Gasteiger partial charge in [0.15, 0.2) is 0 Å². The van der Waals surface area contributed by atoms with Crippen LogP contribution in [0.1, 0.15) is 26.7 Å². The quantitative estimate of drug-likeness (QED) is 0.629.